The molecular formula is C19H39N7O7. The molecule has 0 saturated carbocycles. The van der Waals surface area contributed by atoms with Crippen LogP contribution in [0.1, 0.15) is 34.1 Å². The molecule has 0 unspecified atom stereocenters. The van der Waals surface area contributed by atoms with Gasteiger partial charge in [0.2, 0.25) is 5.91 Å². The number of carbonyl (C=O) groups excluding carboxylic acids is 1. The van der Waals surface area contributed by atoms with Crippen LogP contribution in [-0.4, -0.2) is 99.9 Å². The van der Waals surface area contributed by atoms with Gasteiger partial charge in [0.05, 0.1) is 26.2 Å². The van der Waals surface area contributed by atoms with Crippen LogP contribution in [0.5, 0.6) is 0 Å². The number of amidine groups is 2. The Hall–Kier alpha value is -3.52. The second kappa shape index (κ2) is 24.7. The second-order valence-electron chi connectivity index (χ2n) is 5.76. The van der Waals surface area contributed by atoms with Gasteiger partial charge in [-0.2, -0.15) is 0 Å². The number of hydrogen-bond donors (Lipinski definition) is 6. The summed E-state index contributed by atoms with van der Waals surface area (Å²) >= 11 is 0. The van der Waals surface area contributed by atoms with E-state index in [0.717, 1.165) is 4.90 Å². The highest BCUT2D eigenvalue weighted by Gasteiger charge is 2.17. The molecule has 14 nitrogen and oxygen atoms in total. The van der Waals surface area contributed by atoms with Crippen LogP contribution in [0.25, 0.3) is 0 Å². The number of nitrogens with zero attached hydrogens (tertiary/aromatic N) is 4. The van der Waals surface area contributed by atoms with Crippen LogP contribution in [0.4, 0.5) is 0 Å². The Balaban J connectivity index is -0.000000270. The molecule has 33 heavy (non-hydrogen) atoms. The van der Waals surface area contributed by atoms with Crippen molar-refractivity contribution in [1.82, 2.24) is 9.80 Å². The highest BCUT2D eigenvalue weighted by Crippen LogP contribution is 1.94. The first-order valence-corrected chi connectivity index (χ1v) is 9.87. The maximum Gasteiger partial charge on any atom is 0.317 e. The van der Waals surface area contributed by atoms with E-state index in [4.69, 9.17) is 32.5 Å². The Morgan fingerprint density at radius 2 is 1.09 bits per heavy atom. The average molecular weight is 478 g/mol. The van der Waals surface area contributed by atoms with Gasteiger partial charge in [-0.1, -0.05) is 20.8 Å². The number of nitrogens with two attached hydrogens (primary N) is 3. The van der Waals surface area contributed by atoms with Crippen molar-refractivity contribution >= 4 is 35.5 Å². The maximum absolute atomic E-state index is 10.8. The van der Waals surface area contributed by atoms with Crippen molar-refractivity contribution in [3.8, 4) is 0 Å². The van der Waals surface area contributed by atoms with E-state index in [1.54, 1.807) is 6.92 Å². The number of carbonyl (C=O) groups is 4. The fourth-order valence-corrected chi connectivity index (χ4v) is 1.72. The molecule has 0 saturated heterocycles. The van der Waals surface area contributed by atoms with Crippen LogP contribution in [0.3, 0.4) is 0 Å². The summed E-state index contributed by atoms with van der Waals surface area (Å²) in [5.41, 5.74) is 15.5. The Bertz CT molecular complexity index is 568. The summed E-state index contributed by atoms with van der Waals surface area (Å²) in [6, 6.07) is 0. The third-order valence-electron chi connectivity index (χ3n) is 2.89. The van der Waals surface area contributed by atoms with Gasteiger partial charge < -0.3 is 32.5 Å². The molecule has 0 atom stereocenters. The predicted octanol–water partition coefficient (Wildman–Crippen LogP) is -0.796. The first-order chi connectivity index (χ1) is 15.4. The number of aliphatic carboxylic acids is 3. The van der Waals surface area contributed by atoms with Gasteiger partial charge in [-0.3, -0.25) is 29.0 Å². The number of rotatable bonds is 13. The van der Waals surface area contributed by atoms with Gasteiger partial charge in [0.25, 0.3) is 0 Å². The summed E-state index contributed by atoms with van der Waals surface area (Å²) in [5.74, 6) is -3.38. The molecule has 0 rings (SSSR count). The molecule has 0 aromatic heterocycles. The van der Waals surface area contributed by atoms with Gasteiger partial charge in [-0.15, -0.1) is 23.4 Å². The minimum absolute atomic E-state index is 0.00972. The van der Waals surface area contributed by atoms with Crippen molar-refractivity contribution < 1.29 is 34.5 Å². The molecular weight excluding hydrogens is 438 g/mol. The molecule has 0 aromatic carbocycles. The monoisotopic (exact) mass is 477 g/mol. The zero-order chi connectivity index (χ0) is 27.0. The van der Waals surface area contributed by atoms with Gasteiger partial charge >= 0.3 is 17.9 Å². The summed E-state index contributed by atoms with van der Waals surface area (Å²) in [6.07, 6.45) is 0.705. The van der Waals surface area contributed by atoms with Crippen molar-refractivity contribution in [3.05, 3.63) is 13.2 Å². The predicted molar refractivity (Wildman–Crippen MR) is 127 cm³/mol. The minimum Gasteiger partial charge on any atom is -0.480 e. The second-order valence-corrected chi connectivity index (χ2v) is 5.76. The summed E-state index contributed by atoms with van der Waals surface area (Å²) in [7, 11) is 0. The Kier molecular flexibility index (Phi) is 27.6. The van der Waals surface area contributed by atoms with Gasteiger partial charge in [-0.05, 0) is 6.92 Å². The normalized spacial score (nSPS) is 10.6. The SMILES string of the molecule is C=C.CC.CC/C(N)=N/N=C(/C)N.NC(=O)CN(CCN(CC(=O)O)CC(=O)O)CC(=O)O. The van der Waals surface area contributed by atoms with E-state index in [1.807, 2.05) is 20.8 Å². The zero-order valence-electron chi connectivity index (χ0n) is 19.9. The number of carboxylic acid groups (broad SMARTS) is 3. The van der Waals surface area contributed by atoms with E-state index in [0.29, 0.717) is 18.1 Å². The van der Waals surface area contributed by atoms with Crippen molar-refractivity contribution in [3.63, 3.8) is 0 Å². The third kappa shape index (κ3) is 33.3. The molecule has 9 N–H and O–H groups in total. The molecule has 1 amide bonds. The topological polar surface area (TPSA) is 238 Å². The highest BCUT2D eigenvalue weighted by atomic mass is 16.4. The average Bonchev–Trinajstić information content (AvgIpc) is 2.71. The molecule has 0 aliphatic carbocycles. The van der Waals surface area contributed by atoms with E-state index in [1.165, 1.54) is 4.90 Å². The largest absolute Gasteiger partial charge is 0.480 e. The molecule has 0 spiro atoms. The van der Waals surface area contributed by atoms with Crippen molar-refractivity contribution in [2.45, 2.75) is 34.1 Å². The molecule has 0 bridgehead atoms. The summed E-state index contributed by atoms with van der Waals surface area (Å²) in [4.78, 5) is 44.8. The van der Waals surface area contributed by atoms with Gasteiger partial charge in [0.1, 0.15) is 11.7 Å². The number of hydrogen-bond acceptors (Lipinski definition) is 8. The molecule has 0 aromatic rings. The Labute approximate surface area is 194 Å². The Morgan fingerprint density at radius 3 is 1.33 bits per heavy atom. The Morgan fingerprint density at radius 1 is 0.758 bits per heavy atom. The molecule has 0 aliphatic rings. The van der Waals surface area contributed by atoms with Crippen LogP contribution in [0.15, 0.2) is 23.4 Å². The van der Waals surface area contributed by atoms with E-state index in [2.05, 4.69) is 23.4 Å². The fraction of sp³-hybridized carbons (Fsp3) is 0.579. The zero-order valence-corrected chi connectivity index (χ0v) is 19.9. The standard InChI is InChI=1S/C10H17N3O7.C5H12N4.C2H6.C2H4/c11-7(14)3-12(4-8(15)16)1-2-13(5-9(17)18)6-10(19)20;1-3-5(7)9-8-4(2)6;2*1-2/h1-6H2,(H2,11,14)(H,15,16)(H,17,18)(H,19,20);3H2,1-2H3,(H2,6,8)(H2,7,9);1-2H3;1-2H2. The minimum atomic E-state index is -1.20. The smallest absolute Gasteiger partial charge is 0.317 e. The van der Waals surface area contributed by atoms with Crippen LogP contribution < -0.4 is 17.2 Å². The fourth-order valence-electron chi connectivity index (χ4n) is 1.72. The lowest BCUT2D eigenvalue weighted by Crippen LogP contribution is -2.44. The quantitative estimate of drug-likeness (QED) is 0.0830. The molecule has 0 heterocycles. The van der Waals surface area contributed by atoms with Crippen LogP contribution >= 0.6 is 0 Å². The van der Waals surface area contributed by atoms with E-state index in [9.17, 15) is 19.2 Å². The third-order valence-corrected chi connectivity index (χ3v) is 2.89. The first kappa shape index (κ1) is 36.8. The molecule has 0 fully saturated rings. The molecule has 192 valence electrons. The lowest BCUT2D eigenvalue weighted by atomic mass is 10.4. The maximum atomic E-state index is 10.8. The van der Waals surface area contributed by atoms with Crippen LogP contribution in [0.2, 0.25) is 0 Å². The molecule has 0 aliphatic heterocycles. The first-order valence-electron chi connectivity index (χ1n) is 9.87. The van der Waals surface area contributed by atoms with E-state index < -0.39 is 43.4 Å². The van der Waals surface area contributed by atoms with E-state index in [-0.39, 0.29) is 19.6 Å². The van der Waals surface area contributed by atoms with Crippen LogP contribution in [0, 0.1) is 0 Å². The highest BCUT2D eigenvalue weighted by molar-refractivity contribution is 5.82. The van der Waals surface area contributed by atoms with Crippen molar-refractivity contribution in [2.75, 3.05) is 39.3 Å². The number of primary amides is 1. The van der Waals surface area contributed by atoms with Gasteiger partial charge in [0, 0.05) is 19.5 Å². The van der Waals surface area contributed by atoms with Gasteiger partial charge in [0.15, 0.2) is 0 Å². The summed E-state index contributed by atoms with van der Waals surface area (Å²) in [6.45, 7) is 11.8. The molecule has 14 heteroatoms. The number of carboxylic acids is 3. The lowest BCUT2D eigenvalue weighted by Gasteiger charge is -2.23. The van der Waals surface area contributed by atoms with Crippen molar-refractivity contribution in [2.24, 2.45) is 27.4 Å². The van der Waals surface area contributed by atoms with Crippen LogP contribution in [-0.2, 0) is 19.2 Å². The molecule has 0 radical (unpaired) electrons. The van der Waals surface area contributed by atoms with E-state index >= 15 is 0 Å². The summed E-state index contributed by atoms with van der Waals surface area (Å²) in [5, 5.41) is 33.1. The van der Waals surface area contributed by atoms with Crippen molar-refractivity contribution in [1.29, 1.82) is 0 Å². The number of amides is 1. The lowest BCUT2D eigenvalue weighted by molar-refractivity contribution is -0.143. The van der Waals surface area contributed by atoms with Gasteiger partial charge in [-0.25, -0.2) is 0 Å². The summed E-state index contributed by atoms with van der Waals surface area (Å²) < 4.78 is 0.